The molecule has 1 aliphatic carbocycles. The Kier molecular flexibility index (Phi) is 1.41. The van der Waals surface area contributed by atoms with Crippen LogP contribution in [0.5, 0.6) is 0 Å². The number of allylic oxidation sites excluding steroid dienone is 4. The fourth-order valence-electron chi connectivity index (χ4n) is 0.447. The van der Waals surface area contributed by atoms with Crippen LogP contribution in [0.4, 0.5) is 0 Å². The Labute approximate surface area is 55.5 Å². The number of hydrogen-bond donors (Lipinski definition) is 0. The van der Waals surface area contributed by atoms with Gasteiger partial charge in [-0.3, -0.25) is 0 Å². The van der Waals surface area contributed by atoms with Gasteiger partial charge in [-0.25, -0.2) is 0 Å². The molecule has 0 atom stereocenters. The van der Waals surface area contributed by atoms with Gasteiger partial charge in [-0.05, 0) is 0 Å². The van der Waals surface area contributed by atoms with Crippen LogP contribution in [-0.2, 0) is 24.4 Å². The van der Waals surface area contributed by atoms with Crippen molar-refractivity contribution >= 4 is 0 Å². The van der Waals surface area contributed by atoms with Crippen molar-refractivity contribution in [2.24, 2.45) is 0 Å². The SMILES string of the molecule is [H-].[H-].[Hf][C]1=CC=CC1. The Morgan fingerprint density at radius 2 is 2.67 bits per heavy atom. The van der Waals surface area contributed by atoms with E-state index in [4.69, 9.17) is 0 Å². The molecule has 0 aliphatic heterocycles. The second-order valence-electron chi connectivity index (χ2n) is 1.32. The molecule has 0 nitrogen and oxygen atoms in total. The van der Waals surface area contributed by atoms with E-state index in [-0.39, 0.29) is 2.85 Å². The van der Waals surface area contributed by atoms with Crippen molar-refractivity contribution in [3.8, 4) is 0 Å². The van der Waals surface area contributed by atoms with Crippen molar-refractivity contribution in [3.05, 3.63) is 21.6 Å². The van der Waals surface area contributed by atoms with Gasteiger partial charge in [0.25, 0.3) is 0 Å². The van der Waals surface area contributed by atoms with Crippen LogP contribution in [0.1, 0.15) is 9.27 Å². The molecule has 0 spiro atoms. The van der Waals surface area contributed by atoms with Gasteiger partial charge >= 0.3 is 52.4 Å². The van der Waals surface area contributed by atoms with Gasteiger partial charge in [0.15, 0.2) is 0 Å². The zero-order chi connectivity index (χ0) is 4.41. The zero-order valence-corrected chi connectivity index (χ0v) is 7.03. The third-order valence-corrected chi connectivity index (χ3v) is 2.10. The molecule has 6 heavy (non-hydrogen) atoms. The summed E-state index contributed by atoms with van der Waals surface area (Å²) in [5, 5.41) is 0. The maximum absolute atomic E-state index is 2.20. The Balaban J connectivity index is 0. The first-order valence-electron chi connectivity index (χ1n) is 1.97. The van der Waals surface area contributed by atoms with E-state index in [1.807, 2.05) is 0 Å². The average Bonchev–Trinajstić information content (AvgIpc) is 1.86. The summed E-state index contributed by atoms with van der Waals surface area (Å²) in [4.78, 5) is 0. The van der Waals surface area contributed by atoms with Crippen LogP contribution in [0, 0.1) is 0 Å². The van der Waals surface area contributed by atoms with E-state index in [1.165, 1.54) is 30.8 Å². The molecule has 0 heterocycles. The molecule has 0 bridgehead atoms. The van der Waals surface area contributed by atoms with Gasteiger partial charge < -0.3 is 2.85 Å². The standard InChI is InChI=1S/C5H5.Hf.2H/c1-2-4-5-3-1;;;/h1-3H,4H2;;;/q;;2*-1. The first-order chi connectivity index (χ1) is 2.89. The molecule has 1 rings (SSSR count). The van der Waals surface area contributed by atoms with Gasteiger partial charge in [0.05, 0.1) is 0 Å². The van der Waals surface area contributed by atoms with Gasteiger partial charge in [0.2, 0.25) is 0 Å². The molecule has 0 unspecified atom stereocenters. The van der Waals surface area contributed by atoms with Crippen LogP contribution in [-0.4, -0.2) is 0 Å². The first-order valence-corrected chi connectivity index (χ1v) is 3.76. The van der Waals surface area contributed by atoms with Gasteiger partial charge in [-0.1, -0.05) is 0 Å². The third kappa shape index (κ3) is 0.904. The van der Waals surface area contributed by atoms with E-state index >= 15 is 0 Å². The quantitative estimate of drug-likeness (QED) is 0.569. The van der Waals surface area contributed by atoms with Crippen LogP contribution >= 0.6 is 0 Å². The summed E-state index contributed by atoms with van der Waals surface area (Å²) in [5.41, 5.74) is 0. The summed E-state index contributed by atoms with van der Waals surface area (Å²) in [5.74, 6) is 0. The topological polar surface area (TPSA) is 0 Å². The second kappa shape index (κ2) is 1.87. The van der Waals surface area contributed by atoms with Gasteiger partial charge in [0, 0.05) is 0 Å². The minimum atomic E-state index is 0. The summed E-state index contributed by atoms with van der Waals surface area (Å²) >= 11 is 1.25. The Morgan fingerprint density at radius 1 is 1.83 bits per heavy atom. The number of hydrogen-bond acceptors (Lipinski definition) is 0. The van der Waals surface area contributed by atoms with Crippen LogP contribution in [0.25, 0.3) is 0 Å². The van der Waals surface area contributed by atoms with Crippen molar-refractivity contribution in [2.75, 3.05) is 0 Å². The van der Waals surface area contributed by atoms with Crippen LogP contribution in [0.2, 0.25) is 0 Å². The van der Waals surface area contributed by atoms with Crippen LogP contribution < -0.4 is 0 Å². The van der Waals surface area contributed by atoms with E-state index in [1.54, 1.807) is 3.33 Å². The molecule has 0 aromatic carbocycles. The van der Waals surface area contributed by atoms with E-state index in [0.717, 1.165) is 0 Å². The first kappa shape index (κ1) is 4.51. The molecule has 0 saturated carbocycles. The van der Waals surface area contributed by atoms with E-state index in [2.05, 4.69) is 18.2 Å². The molecule has 1 aliphatic rings. The molecule has 0 amide bonds. The molecule has 0 radical (unpaired) electrons. The summed E-state index contributed by atoms with van der Waals surface area (Å²) in [6.45, 7) is 0. The third-order valence-electron chi connectivity index (χ3n) is 0.771. The van der Waals surface area contributed by atoms with Gasteiger partial charge in [-0.2, -0.15) is 0 Å². The molecule has 0 aromatic rings. The zero-order valence-electron chi connectivity index (χ0n) is 5.44. The predicted molar refractivity (Wildman–Crippen MR) is 24.1 cm³/mol. The van der Waals surface area contributed by atoms with Crippen molar-refractivity contribution in [1.82, 2.24) is 0 Å². The monoisotopic (exact) mass is 247 g/mol. The van der Waals surface area contributed by atoms with Crippen LogP contribution in [0.3, 0.4) is 0 Å². The maximum atomic E-state index is 2.20. The van der Waals surface area contributed by atoms with Crippen molar-refractivity contribution in [1.29, 1.82) is 0 Å². The Hall–Kier alpha value is 0.350. The van der Waals surface area contributed by atoms with Crippen molar-refractivity contribution in [3.63, 3.8) is 0 Å². The molecular weight excluding hydrogens is 239 g/mol. The van der Waals surface area contributed by atoms with E-state index in [9.17, 15) is 0 Å². The van der Waals surface area contributed by atoms with E-state index < -0.39 is 0 Å². The van der Waals surface area contributed by atoms with Crippen molar-refractivity contribution in [2.45, 2.75) is 6.42 Å². The minimum absolute atomic E-state index is 0. The summed E-state index contributed by atoms with van der Waals surface area (Å²) in [6, 6.07) is 0. The molecule has 0 fully saturated rings. The molecule has 0 N–H and O–H groups in total. The second-order valence-corrected chi connectivity index (χ2v) is 3.63. The molecule has 1 heteroatoms. The van der Waals surface area contributed by atoms with Gasteiger partial charge in [-0.15, -0.1) is 0 Å². The average molecular weight is 246 g/mol. The summed E-state index contributed by atoms with van der Waals surface area (Å²) < 4.78 is 1.61. The molecule has 33 valence electrons. The molecule has 0 saturated heterocycles. The predicted octanol–water partition coefficient (Wildman–Crippen LogP) is 1.60. The summed E-state index contributed by atoms with van der Waals surface area (Å²) in [6.07, 6.45) is 7.75. The van der Waals surface area contributed by atoms with Gasteiger partial charge in [0.1, 0.15) is 0 Å². The number of rotatable bonds is 0. The Bertz CT molecular complexity index is 107. The Morgan fingerprint density at radius 3 is 2.83 bits per heavy atom. The van der Waals surface area contributed by atoms with E-state index in [0.29, 0.717) is 0 Å². The molecule has 0 aromatic heterocycles. The van der Waals surface area contributed by atoms with Crippen LogP contribution in [0.15, 0.2) is 21.6 Å². The fraction of sp³-hybridized carbons (Fsp3) is 0.200. The normalized spacial score (nSPS) is 18.2. The molecular formula is C5H7Hf-2. The summed E-state index contributed by atoms with van der Waals surface area (Å²) in [7, 11) is 0. The fourth-order valence-corrected chi connectivity index (χ4v) is 1.22. The van der Waals surface area contributed by atoms with Crippen molar-refractivity contribution < 1.29 is 27.2 Å².